The molecule has 1 aliphatic carbocycles. The quantitative estimate of drug-likeness (QED) is 0.396. The van der Waals surface area contributed by atoms with Crippen LogP contribution in [0.25, 0.3) is 0 Å². The summed E-state index contributed by atoms with van der Waals surface area (Å²) in [6.45, 7) is 2.19. The Labute approximate surface area is 205 Å². The van der Waals surface area contributed by atoms with Gasteiger partial charge >= 0.3 is 5.97 Å². The van der Waals surface area contributed by atoms with Gasteiger partial charge in [-0.05, 0) is 37.0 Å². The first kappa shape index (κ1) is 25.8. The predicted octanol–water partition coefficient (Wildman–Crippen LogP) is 3.75. The van der Waals surface area contributed by atoms with Gasteiger partial charge in [0.2, 0.25) is 0 Å². The molecule has 1 fully saturated rings. The average molecular weight is 486 g/mol. The number of benzene rings is 1. The van der Waals surface area contributed by atoms with Gasteiger partial charge in [-0.15, -0.1) is 0 Å². The van der Waals surface area contributed by atoms with Gasteiger partial charge in [0.15, 0.2) is 0 Å². The van der Waals surface area contributed by atoms with E-state index in [1.165, 1.54) is 32.1 Å². The summed E-state index contributed by atoms with van der Waals surface area (Å²) < 4.78 is 11.1. The first-order valence-electron chi connectivity index (χ1n) is 11.7. The largest absolute Gasteiger partial charge is 0.545 e. The molecule has 0 radical (unpaired) electrons. The van der Waals surface area contributed by atoms with Gasteiger partial charge in [0, 0.05) is 34.5 Å². The van der Waals surface area contributed by atoms with Crippen LogP contribution in [0.15, 0.2) is 46.8 Å². The summed E-state index contributed by atoms with van der Waals surface area (Å²) in [7, 11) is 0. The number of aliphatic carboxylic acids is 1. The van der Waals surface area contributed by atoms with E-state index in [9.17, 15) is 14.7 Å². The molecule has 1 aromatic carbocycles. The first-order valence-corrected chi connectivity index (χ1v) is 12.1. The third kappa shape index (κ3) is 6.62. The molecule has 0 amide bonds. The molecule has 1 atom stereocenters. The maximum atomic E-state index is 12.9. The molecule has 1 N–H and O–H groups in total. The highest BCUT2D eigenvalue weighted by Gasteiger charge is 2.35. The molecule has 0 aromatic heterocycles. The summed E-state index contributed by atoms with van der Waals surface area (Å²) in [6, 6.07) is 8.62. The number of nitrogens with zero attached hydrogens (tertiary/aromatic N) is 1. The van der Waals surface area contributed by atoms with Gasteiger partial charge in [0.05, 0.1) is 30.6 Å². The van der Waals surface area contributed by atoms with Crippen molar-refractivity contribution in [2.75, 3.05) is 19.8 Å². The normalized spacial score (nSPS) is 18.9. The SMILES string of the molecule is CC1=C(C(=O)OCCC#N)C(c2cccc(Cl)c2)C(C(=O)[O-])=C(COCCC2CCCCC2)N1. The van der Waals surface area contributed by atoms with E-state index < -0.39 is 17.9 Å². The van der Waals surface area contributed by atoms with Crippen LogP contribution in [-0.4, -0.2) is 31.8 Å². The number of dihydropyridines is 1. The van der Waals surface area contributed by atoms with Gasteiger partial charge in [-0.2, -0.15) is 5.26 Å². The minimum absolute atomic E-state index is 0.0383. The third-order valence-electron chi connectivity index (χ3n) is 6.36. The Balaban J connectivity index is 1.86. The molecule has 182 valence electrons. The van der Waals surface area contributed by atoms with Gasteiger partial charge in [-0.3, -0.25) is 0 Å². The number of ether oxygens (including phenoxy) is 2. The lowest BCUT2D eigenvalue weighted by Crippen LogP contribution is -2.39. The molecule has 8 heteroatoms. The Morgan fingerprint density at radius 1 is 1.21 bits per heavy atom. The van der Waals surface area contributed by atoms with Crippen molar-refractivity contribution in [1.29, 1.82) is 5.26 Å². The molecule has 7 nitrogen and oxygen atoms in total. The van der Waals surface area contributed by atoms with E-state index in [1.807, 2.05) is 6.07 Å². The number of carbonyl (C=O) groups excluding carboxylic acids is 2. The van der Waals surface area contributed by atoms with Crippen LogP contribution in [0.3, 0.4) is 0 Å². The minimum atomic E-state index is -1.40. The number of nitrogens with one attached hydrogen (secondary N) is 1. The van der Waals surface area contributed by atoms with Crippen molar-refractivity contribution < 1.29 is 24.2 Å². The summed E-state index contributed by atoms with van der Waals surface area (Å²) in [6.07, 6.45) is 7.21. The molecule has 1 heterocycles. The number of nitriles is 1. The number of carboxylic acid groups (broad SMARTS) is 1. The van der Waals surface area contributed by atoms with Crippen LogP contribution in [0.5, 0.6) is 0 Å². The highest BCUT2D eigenvalue weighted by molar-refractivity contribution is 6.30. The van der Waals surface area contributed by atoms with Crippen LogP contribution in [0.1, 0.15) is 63.4 Å². The van der Waals surface area contributed by atoms with Crippen molar-refractivity contribution in [2.24, 2.45) is 5.92 Å². The number of rotatable bonds is 10. The van der Waals surface area contributed by atoms with E-state index in [-0.39, 0.29) is 30.8 Å². The molecule has 0 saturated heterocycles. The number of halogens is 1. The predicted molar refractivity (Wildman–Crippen MR) is 125 cm³/mol. The summed E-state index contributed by atoms with van der Waals surface area (Å²) in [5.74, 6) is -2.39. The van der Waals surface area contributed by atoms with E-state index in [1.54, 1.807) is 31.2 Å². The molecule has 0 spiro atoms. The monoisotopic (exact) mass is 485 g/mol. The fraction of sp³-hybridized carbons (Fsp3) is 0.500. The Kier molecular flexibility index (Phi) is 9.55. The highest BCUT2D eigenvalue weighted by Crippen LogP contribution is 2.39. The van der Waals surface area contributed by atoms with Crippen LogP contribution in [-0.2, 0) is 19.1 Å². The fourth-order valence-electron chi connectivity index (χ4n) is 4.71. The molecule has 1 unspecified atom stereocenters. The second-order valence-corrected chi connectivity index (χ2v) is 9.16. The number of esters is 1. The van der Waals surface area contributed by atoms with Crippen molar-refractivity contribution in [1.82, 2.24) is 5.32 Å². The molecule has 1 saturated carbocycles. The zero-order valence-electron chi connectivity index (χ0n) is 19.4. The van der Waals surface area contributed by atoms with Crippen molar-refractivity contribution in [2.45, 2.75) is 57.8 Å². The number of allylic oxidation sites excluding steroid dienone is 1. The molecule has 0 bridgehead atoms. The van der Waals surface area contributed by atoms with Crippen LogP contribution < -0.4 is 10.4 Å². The van der Waals surface area contributed by atoms with Crippen LogP contribution >= 0.6 is 11.6 Å². The zero-order chi connectivity index (χ0) is 24.5. The minimum Gasteiger partial charge on any atom is -0.545 e. The average Bonchev–Trinajstić information content (AvgIpc) is 2.82. The van der Waals surface area contributed by atoms with Gasteiger partial charge in [0.1, 0.15) is 6.61 Å². The summed E-state index contributed by atoms with van der Waals surface area (Å²) in [5.41, 5.74) is 1.39. The van der Waals surface area contributed by atoms with Crippen LogP contribution in [0.4, 0.5) is 0 Å². The number of carboxylic acids is 1. The molecule has 1 aromatic rings. The molecule has 1 aliphatic heterocycles. The highest BCUT2D eigenvalue weighted by atomic mass is 35.5. The van der Waals surface area contributed by atoms with Gasteiger partial charge in [-0.1, -0.05) is 55.8 Å². The topological polar surface area (TPSA) is 111 Å². The summed E-state index contributed by atoms with van der Waals surface area (Å²) >= 11 is 6.18. The Bertz CT molecular complexity index is 1000. The zero-order valence-corrected chi connectivity index (χ0v) is 20.2. The lowest BCUT2D eigenvalue weighted by Gasteiger charge is -2.33. The van der Waals surface area contributed by atoms with E-state index >= 15 is 0 Å². The number of hydrogen-bond acceptors (Lipinski definition) is 7. The van der Waals surface area contributed by atoms with Gasteiger partial charge < -0.3 is 24.7 Å². The summed E-state index contributed by atoms with van der Waals surface area (Å²) in [4.78, 5) is 25.3. The summed E-state index contributed by atoms with van der Waals surface area (Å²) in [5, 5.41) is 24.5. The van der Waals surface area contributed by atoms with E-state index in [0.29, 0.717) is 34.5 Å². The van der Waals surface area contributed by atoms with Gasteiger partial charge in [0.25, 0.3) is 0 Å². The number of carbonyl (C=O) groups is 2. The van der Waals surface area contributed by atoms with Crippen LogP contribution in [0.2, 0.25) is 5.02 Å². The van der Waals surface area contributed by atoms with Crippen LogP contribution in [0, 0.1) is 17.2 Å². The Morgan fingerprint density at radius 2 is 1.97 bits per heavy atom. The third-order valence-corrected chi connectivity index (χ3v) is 6.59. The Hall–Kier alpha value is -2.82. The fourth-order valence-corrected chi connectivity index (χ4v) is 4.91. The van der Waals surface area contributed by atoms with Crippen molar-refractivity contribution in [3.63, 3.8) is 0 Å². The lowest BCUT2D eigenvalue weighted by atomic mass is 9.80. The molecular weight excluding hydrogens is 456 g/mol. The second kappa shape index (κ2) is 12.6. The van der Waals surface area contributed by atoms with Gasteiger partial charge in [-0.25, -0.2) is 4.79 Å². The standard InChI is InChI=1S/C26H31ClN2O5/c1-17-22(26(32)34-13-6-12-28)23(19-9-5-10-20(27)15-19)24(25(30)31)21(29-17)16-33-14-11-18-7-3-2-4-8-18/h5,9-10,15,18,23,29H,2-4,6-8,11,13-14,16H2,1H3,(H,30,31)/p-1. The maximum Gasteiger partial charge on any atom is 0.336 e. The second-order valence-electron chi connectivity index (χ2n) is 8.72. The number of hydrogen-bond donors (Lipinski definition) is 1. The van der Waals surface area contributed by atoms with E-state index in [0.717, 1.165) is 6.42 Å². The lowest BCUT2D eigenvalue weighted by molar-refractivity contribution is -0.299. The molecule has 34 heavy (non-hydrogen) atoms. The molecular formula is C26H30ClN2O5-. The maximum absolute atomic E-state index is 12.9. The Morgan fingerprint density at radius 3 is 2.65 bits per heavy atom. The first-order chi connectivity index (χ1) is 16.4. The van der Waals surface area contributed by atoms with E-state index in [2.05, 4.69) is 5.32 Å². The molecule has 2 aliphatic rings. The van der Waals surface area contributed by atoms with E-state index in [4.69, 9.17) is 26.3 Å². The van der Waals surface area contributed by atoms with Crippen molar-refractivity contribution >= 4 is 23.5 Å². The molecule has 3 rings (SSSR count). The smallest absolute Gasteiger partial charge is 0.336 e. The van der Waals surface area contributed by atoms with Crippen molar-refractivity contribution in [3.8, 4) is 6.07 Å². The van der Waals surface area contributed by atoms with Crippen molar-refractivity contribution in [3.05, 3.63) is 57.4 Å².